The summed E-state index contributed by atoms with van der Waals surface area (Å²) in [6, 6.07) is 1.69. The predicted octanol–water partition coefficient (Wildman–Crippen LogP) is 1.48. The molecular formula is C9H6INO2. The number of hydrogen-bond acceptors (Lipinski definition) is 3. The summed E-state index contributed by atoms with van der Waals surface area (Å²) in [5, 5.41) is 0. The van der Waals surface area contributed by atoms with Crippen molar-refractivity contribution in [2.24, 2.45) is 0 Å². The smallest absolute Gasteiger partial charge is 0.340 e. The van der Waals surface area contributed by atoms with Crippen LogP contribution < -0.4 is 0 Å². The third-order valence-corrected chi connectivity index (χ3v) is 1.82. The summed E-state index contributed by atoms with van der Waals surface area (Å²) in [5.74, 6) is 1.78. The Labute approximate surface area is 89.6 Å². The number of rotatable bonds is 2. The minimum Gasteiger partial charge on any atom is -0.449 e. The molecule has 1 aromatic heterocycles. The number of nitrogens with zero attached hydrogens (tertiary/aromatic N) is 1. The molecule has 0 aliphatic carbocycles. The number of aromatic nitrogens is 1. The number of carbonyl (C=O) groups is 1. The average Bonchev–Trinajstić information content (AvgIpc) is 2.14. The van der Waals surface area contributed by atoms with Gasteiger partial charge in [0, 0.05) is 16.0 Å². The Morgan fingerprint density at radius 1 is 1.69 bits per heavy atom. The Balaban J connectivity index is 2.72. The molecule has 0 spiro atoms. The second-order valence-electron chi connectivity index (χ2n) is 2.17. The Hall–Kier alpha value is -1.09. The minimum absolute atomic E-state index is 0.00962. The van der Waals surface area contributed by atoms with Crippen molar-refractivity contribution in [2.75, 3.05) is 6.61 Å². The lowest BCUT2D eigenvalue weighted by atomic mass is 10.3. The predicted molar refractivity (Wildman–Crippen MR) is 56.1 cm³/mol. The van der Waals surface area contributed by atoms with Crippen LogP contribution in [0.5, 0.6) is 0 Å². The van der Waals surface area contributed by atoms with Crippen molar-refractivity contribution in [1.82, 2.24) is 4.98 Å². The van der Waals surface area contributed by atoms with Gasteiger partial charge < -0.3 is 4.74 Å². The first-order valence-electron chi connectivity index (χ1n) is 3.45. The van der Waals surface area contributed by atoms with Gasteiger partial charge in [-0.1, -0.05) is 5.92 Å². The molecule has 66 valence electrons. The average molecular weight is 287 g/mol. The van der Waals surface area contributed by atoms with Gasteiger partial charge in [0.15, 0.2) is 6.61 Å². The second-order valence-corrected chi connectivity index (χ2v) is 3.42. The number of pyridine rings is 1. The number of ether oxygens (including phenoxy) is 1. The van der Waals surface area contributed by atoms with Gasteiger partial charge in [0.2, 0.25) is 0 Å². The molecule has 0 N–H and O–H groups in total. The van der Waals surface area contributed by atoms with Gasteiger partial charge >= 0.3 is 5.97 Å². The topological polar surface area (TPSA) is 39.2 Å². The van der Waals surface area contributed by atoms with E-state index in [0.717, 1.165) is 3.57 Å². The molecule has 0 aliphatic rings. The first-order chi connectivity index (χ1) is 6.24. The summed E-state index contributed by atoms with van der Waals surface area (Å²) in [7, 11) is 0. The summed E-state index contributed by atoms with van der Waals surface area (Å²) >= 11 is 2.07. The lowest BCUT2D eigenvalue weighted by Gasteiger charge is -1.99. The molecule has 0 amide bonds. The van der Waals surface area contributed by atoms with Crippen LogP contribution in [-0.4, -0.2) is 17.6 Å². The number of terminal acetylenes is 1. The molecule has 13 heavy (non-hydrogen) atoms. The second kappa shape index (κ2) is 4.82. The quantitative estimate of drug-likeness (QED) is 0.470. The molecular weight excluding hydrogens is 281 g/mol. The summed E-state index contributed by atoms with van der Waals surface area (Å²) in [4.78, 5) is 15.0. The third kappa shape index (κ3) is 3.03. The molecule has 0 saturated carbocycles. The molecule has 0 atom stereocenters. The maximum absolute atomic E-state index is 11.2. The van der Waals surface area contributed by atoms with Crippen molar-refractivity contribution >= 4 is 28.6 Å². The molecule has 4 heteroatoms. The van der Waals surface area contributed by atoms with Crippen LogP contribution in [0.15, 0.2) is 18.5 Å². The fourth-order valence-corrected chi connectivity index (χ4v) is 1.21. The van der Waals surface area contributed by atoms with E-state index in [1.165, 1.54) is 6.20 Å². The molecule has 0 bridgehead atoms. The van der Waals surface area contributed by atoms with Crippen LogP contribution >= 0.6 is 22.6 Å². The molecule has 1 aromatic rings. The third-order valence-electron chi connectivity index (χ3n) is 1.23. The van der Waals surface area contributed by atoms with E-state index in [9.17, 15) is 4.79 Å². The van der Waals surface area contributed by atoms with Crippen molar-refractivity contribution in [3.8, 4) is 12.3 Å². The molecule has 0 radical (unpaired) electrons. The number of hydrogen-bond donors (Lipinski definition) is 0. The van der Waals surface area contributed by atoms with Crippen molar-refractivity contribution in [3.05, 3.63) is 27.6 Å². The molecule has 0 unspecified atom stereocenters. The summed E-state index contributed by atoms with van der Waals surface area (Å²) in [6.45, 7) is -0.00962. The Kier molecular flexibility index (Phi) is 3.71. The first kappa shape index (κ1) is 9.99. The van der Waals surface area contributed by atoms with Crippen LogP contribution in [0.25, 0.3) is 0 Å². The van der Waals surface area contributed by atoms with Gasteiger partial charge in [-0.15, -0.1) is 6.42 Å². The van der Waals surface area contributed by atoms with Crippen LogP contribution in [-0.2, 0) is 4.74 Å². The lowest BCUT2D eigenvalue weighted by Crippen LogP contribution is -2.05. The minimum atomic E-state index is -0.441. The summed E-state index contributed by atoms with van der Waals surface area (Å²) in [5.41, 5.74) is 0.419. The van der Waals surface area contributed by atoms with E-state index in [4.69, 9.17) is 11.2 Å². The number of halogens is 1. The van der Waals surface area contributed by atoms with E-state index >= 15 is 0 Å². The van der Waals surface area contributed by atoms with Gasteiger partial charge in [-0.25, -0.2) is 4.79 Å². The highest BCUT2D eigenvalue weighted by Crippen LogP contribution is 2.06. The van der Waals surface area contributed by atoms with E-state index < -0.39 is 5.97 Å². The highest BCUT2D eigenvalue weighted by molar-refractivity contribution is 14.1. The van der Waals surface area contributed by atoms with Crippen molar-refractivity contribution in [3.63, 3.8) is 0 Å². The van der Waals surface area contributed by atoms with Gasteiger partial charge in [-0.3, -0.25) is 4.98 Å². The normalized spacial score (nSPS) is 8.92. The van der Waals surface area contributed by atoms with Gasteiger partial charge in [0.1, 0.15) is 0 Å². The molecule has 0 fully saturated rings. The molecule has 3 nitrogen and oxygen atoms in total. The molecule has 1 heterocycles. The van der Waals surface area contributed by atoms with Gasteiger partial charge in [0.25, 0.3) is 0 Å². The fourth-order valence-electron chi connectivity index (χ4n) is 0.714. The molecule has 0 saturated heterocycles. The Bertz CT molecular complexity index is 357. The Morgan fingerprint density at radius 2 is 2.46 bits per heavy atom. The zero-order valence-electron chi connectivity index (χ0n) is 6.66. The first-order valence-corrected chi connectivity index (χ1v) is 4.53. The lowest BCUT2D eigenvalue weighted by molar-refractivity contribution is 0.0556. The van der Waals surface area contributed by atoms with E-state index in [2.05, 4.69) is 33.5 Å². The van der Waals surface area contributed by atoms with Crippen LogP contribution in [0.1, 0.15) is 10.4 Å². The zero-order valence-corrected chi connectivity index (χ0v) is 8.82. The standard InChI is InChI=1S/C9H6INO2/c1-2-3-13-9(12)7-4-8(10)6-11-5-7/h1,4-6H,3H2. The maximum Gasteiger partial charge on any atom is 0.340 e. The highest BCUT2D eigenvalue weighted by atomic mass is 127. The van der Waals surface area contributed by atoms with E-state index in [0.29, 0.717) is 5.56 Å². The highest BCUT2D eigenvalue weighted by Gasteiger charge is 2.06. The van der Waals surface area contributed by atoms with Crippen molar-refractivity contribution in [1.29, 1.82) is 0 Å². The van der Waals surface area contributed by atoms with Crippen molar-refractivity contribution < 1.29 is 9.53 Å². The van der Waals surface area contributed by atoms with Crippen LogP contribution in [0, 0.1) is 15.9 Å². The van der Waals surface area contributed by atoms with Gasteiger partial charge in [-0.2, -0.15) is 0 Å². The number of esters is 1. The summed E-state index contributed by atoms with van der Waals surface area (Å²) in [6.07, 6.45) is 8.04. The molecule has 0 aliphatic heterocycles. The fraction of sp³-hybridized carbons (Fsp3) is 0.111. The van der Waals surface area contributed by atoms with Gasteiger partial charge in [-0.05, 0) is 28.7 Å². The van der Waals surface area contributed by atoms with Gasteiger partial charge in [0.05, 0.1) is 5.56 Å². The maximum atomic E-state index is 11.2. The van der Waals surface area contributed by atoms with E-state index in [1.54, 1.807) is 12.3 Å². The van der Waals surface area contributed by atoms with Crippen LogP contribution in [0.2, 0.25) is 0 Å². The molecule has 0 aromatic carbocycles. The van der Waals surface area contributed by atoms with E-state index in [-0.39, 0.29) is 6.61 Å². The van der Waals surface area contributed by atoms with Crippen molar-refractivity contribution in [2.45, 2.75) is 0 Å². The van der Waals surface area contributed by atoms with Crippen LogP contribution in [0.4, 0.5) is 0 Å². The summed E-state index contributed by atoms with van der Waals surface area (Å²) < 4.78 is 5.60. The largest absolute Gasteiger partial charge is 0.449 e. The zero-order chi connectivity index (χ0) is 9.68. The van der Waals surface area contributed by atoms with E-state index in [1.807, 2.05) is 0 Å². The SMILES string of the molecule is C#CCOC(=O)c1cncc(I)c1. The number of carbonyl (C=O) groups excluding carboxylic acids is 1. The van der Waals surface area contributed by atoms with Crippen LogP contribution in [0.3, 0.4) is 0 Å². The Morgan fingerprint density at radius 3 is 3.08 bits per heavy atom. The monoisotopic (exact) mass is 287 g/mol. The molecule has 1 rings (SSSR count).